The summed E-state index contributed by atoms with van der Waals surface area (Å²) in [6.07, 6.45) is 1.62. The fourth-order valence-electron chi connectivity index (χ4n) is 1.57. The third-order valence-electron chi connectivity index (χ3n) is 2.36. The van der Waals surface area contributed by atoms with Crippen molar-refractivity contribution in [3.63, 3.8) is 0 Å². The lowest BCUT2D eigenvalue weighted by Crippen LogP contribution is -1.95. The molecular weight excluding hydrogens is 177 g/mol. The van der Waals surface area contributed by atoms with Crippen LogP contribution in [0.1, 0.15) is 25.3 Å². The molecule has 2 rings (SSSR count). The number of benzene rings is 1. The van der Waals surface area contributed by atoms with Crippen molar-refractivity contribution in [2.75, 3.05) is 0 Å². The molecule has 2 aromatic rings. The Hall–Kier alpha value is -1.44. The van der Waals surface area contributed by atoms with Crippen LogP contribution < -0.4 is 0 Å². The second-order valence-electron chi connectivity index (χ2n) is 3.70. The van der Waals surface area contributed by atoms with E-state index in [-0.39, 0.29) is 11.7 Å². The minimum Gasteiger partial charge on any atom is -0.253 e. The van der Waals surface area contributed by atoms with Gasteiger partial charge in [0.2, 0.25) is 0 Å². The first-order valence-corrected chi connectivity index (χ1v) is 4.73. The quantitative estimate of drug-likeness (QED) is 0.669. The number of pyridine rings is 1. The van der Waals surface area contributed by atoms with Crippen molar-refractivity contribution in [1.29, 1.82) is 0 Å². The number of hydrogen-bond donors (Lipinski definition) is 0. The van der Waals surface area contributed by atoms with Crippen molar-refractivity contribution < 1.29 is 4.39 Å². The highest BCUT2D eigenvalue weighted by Gasteiger charge is 2.10. The van der Waals surface area contributed by atoms with Gasteiger partial charge in [0.05, 0.1) is 0 Å². The maximum Gasteiger partial charge on any atom is 0.152 e. The second-order valence-corrected chi connectivity index (χ2v) is 3.70. The molecule has 0 N–H and O–H groups in total. The van der Waals surface area contributed by atoms with Gasteiger partial charge in [0, 0.05) is 11.6 Å². The van der Waals surface area contributed by atoms with Gasteiger partial charge in [-0.15, -0.1) is 0 Å². The first-order chi connectivity index (χ1) is 6.70. The van der Waals surface area contributed by atoms with Crippen molar-refractivity contribution >= 4 is 10.9 Å². The maximum atomic E-state index is 13.9. The first kappa shape index (κ1) is 9.13. The molecule has 1 aromatic heterocycles. The van der Waals surface area contributed by atoms with E-state index in [1.807, 2.05) is 38.1 Å². The van der Waals surface area contributed by atoms with Gasteiger partial charge in [-0.25, -0.2) is 4.39 Å². The summed E-state index contributed by atoms with van der Waals surface area (Å²) in [7, 11) is 0. The largest absolute Gasteiger partial charge is 0.253 e. The van der Waals surface area contributed by atoms with Crippen LogP contribution in [0.3, 0.4) is 0 Å². The second kappa shape index (κ2) is 3.37. The van der Waals surface area contributed by atoms with Crippen molar-refractivity contribution in [3.8, 4) is 0 Å². The fraction of sp³-hybridized carbons (Fsp3) is 0.250. The summed E-state index contributed by atoms with van der Waals surface area (Å²) in [6, 6.07) is 7.44. The van der Waals surface area contributed by atoms with E-state index in [0.29, 0.717) is 5.52 Å². The Labute approximate surface area is 82.6 Å². The van der Waals surface area contributed by atoms with Crippen LogP contribution in [0.2, 0.25) is 0 Å². The van der Waals surface area contributed by atoms with Crippen molar-refractivity contribution in [1.82, 2.24) is 4.98 Å². The van der Waals surface area contributed by atoms with Gasteiger partial charge in [0.1, 0.15) is 5.52 Å². The van der Waals surface area contributed by atoms with Crippen LogP contribution in [-0.4, -0.2) is 4.98 Å². The van der Waals surface area contributed by atoms with Gasteiger partial charge in [-0.2, -0.15) is 0 Å². The molecule has 1 heterocycles. The van der Waals surface area contributed by atoms with Crippen LogP contribution >= 0.6 is 0 Å². The zero-order valence-corrected chi connectivity index (χ0v) is 8.29. The molecule has 0 bridgehead atoms. The summed E-state index contributed by atoms with van der Waals surface area (Å²) < 4.78 is 13.9. The van der Waals surface area contributed by atoms with Crippen LogP contribution in [0.5, 0.6) is 0 Å². The van der Waals surface area contributed by atoms with Crippen LogP contribution in [0.15, 0.2) is 30.5 Å². The lowest BCUT2D eigenvalue weighted by Gasteiger charge is -2.08. The predicted molar refractivity (Wildman–Crippen MR) is 55.8 cm³/mol. The van der Waals surface area contributed by atoms with Crippen molar-refractivity contribution in [2.24, 2.45) is 0 Å². The standard InChI is InChI=1S/C12H12FN/c1-8(2)10-6-5-9-4-3-7-14-12(9)11(10)13/h3-8H,1-2H3. The summed E-state index contributed by atoms with van der Waals surface area (Å²) in [5.41, 5.74) is 1.20. The SMILES string of the molecule is CC(C)c1ccc2cccnc2c1F. The van der Waals surface area contributed by atoms with E-state index in [1.54, 1.807) is 6.20 Å². The monoisotopic (exact) mass is 189 g/mol. The van der Waals surface area contributed by atoms with Crippen molar-refractivity contribution in [3.05, 3.63) is 41.8 Å². The zero-order chi connectivity index (χ0) is 10.1. The Bertz CT molecular complexity index is 463. The summed E-state index contributed by atoms with van der Waals surface area (Å²) in [6.45, 7) is 3.96. The maximum absolute atomic E-state index is 13.9. The first-order valence-electron chi connectivity index (χ1n) is 4.73. The molecule has 0 unspecified atom stereocenters. The Kier molecular flexibility index (Phi) is 2.20. The van der Waals surface area contributed by atoms with E-state index in [2.05, 4.69) is 4.98 Å². The minimum atomic E-state index is -0.182. The number of hydrogen-bond acceptors (Lipinski definition) is 1. The lowest BCUT2D eigenvalue weighted by atomic mass is 10.0. The molecular formula is C12H12FN. The summed E-state index contributed by atoms with van der Waals surface area (Å²) >= 11 is 0. The molecule has 14 heavy (non-hydrogen) atoms. The molecule has 1 aromatic carbocycles. The van der Waals surface area contributed by atoms with Gasteiger partial charge in [0.15, 0.2) is 5.82 Å². The summed E-state index contributed by atoms with van der Waals surface area (Å²) in [4.78, 5) is 4.05. The van der Waals surface area contributed by atoms with Gasteiger partial charge < -0.3 is 0 Å². The van der Waals surface area contributed by atoms with E-state index < -0.39 is 0 Å². The molecule has 0 aliphatic carbocycles. The highest BCUT2D eigenvalue weighted by atomic mass is 19.1. The molecule has 72 valence electrons. The number of halogens is 1. The van der Waals surface area contributed by atoms with Gasteiger partial charge in [-0.05, 0) is 17.5 Å². The third-order valence-corrected chi connectivity index (χ3v) is 2.36. The van der Waals surface area contributed by atoms with Gasteiger partial charge in [-0.1, -0.05) is 32.0 Å². The van der Waals surface area contributed by atoms with E-state index in [9.17, 15) is 4.39 Å². The fourth-order valence-corrected chi connectivity index (χ4v) is 1.57. The summed E-state index contributed by atoms with van der Waals surface area (Å²) in [5.74, 6) is 0.0134. The molecule has 0 atom stereocenters. The Morgan fingerprint density at radius 2 is 2.00 bits per heavy atom. The highest BCUT2D eigenvalue weighted by molar-refractivity contribution is 5.79. The van der Waals surface area contributed by atoms with E-state index in [4.69, 9.17) is 0 Å². The summed E-state index contributed by atoms with van der Waals surface area (Å²) in [5, 5.41) is 0.856. The Balaban J connectivity index is 2.75. The van der Waals surface area contributed by atoms with Crippen LogP contribution in [0, 0.1) is 5.82 Å². The van der Waals surface area contributed by atoms with Crippen LogP contribution in [0.4, 0.5) is 4.39 Å². The molecule has 0 saturated heterocycles. The van der Waals surface area contributed by atoms with Gasteiger partial charge in [0.25, 0.3) is 0 Å². The topological polar surface area (TPSA) is 12.9 Å². The highest BCUT2D eigenvalue weighted by Crippen LogP contribution is 2.24. The predicted octanol–water partition coefficient (Wildman–Crippen LogP) is 3.50. The normalized spacial score (nSPS) is 11.1. The molecule has 0 aliphatic rings. The molecule has 0 saturated carbocycles. The van der Waals surface area contributed by atoms with Gasteiger partial charge in [-0.3, -0.25) is 4.98 Å². The molecule has 0 spiro atoms. The zero-order valence-electron chi connectivity index (χ0n) is 8.29. The number of fused-ring (bicyclic) bond motifs is 1. The molecule has 2 heteroatoms. The third kappa shape index (κ3) is 1.37. The van der Waals surface area contributed by atoms with E-state index in [0.717, 1.165) is 10.9 Å². The average molecular weight is 189 g/mol. The molecule has 0 fully saturated rings. The average Bonchev–Trinajstić information content (AvgIpc) is 2.18. The lowest BCUT2D eigenvalue weighted by molar-refractivity contribution is 0.607. The molecule has 0 radical (unpaired) electrons. The van der Waals surface area contributed by atoms with Crippen LogP contribution in [-0.2, 0) is 0 Å². The van der Waals surface area contributed by atoms with E-state index >= 15 is 0 Å². The number of nitrogens with zero attached hydrogens (tertiary/aromatic N) is 1. The Morgan fingerprint density at radius 3 is 2.71 bits per heavy atom. The molecule has 0 aliphatic heterocycles. The molecule has 0 amide bonds. The van der Waals surface area contributed by atoms with E-state index in [1.165, 1.54) is 0 Å². The smallest absolute Gasteiger partial charge is 0.152 e. The number of aromatic nitrogens is 1. The van der Waals surface area contributed by atoms with Gasteiger partial charge >= 0.3 is 0 Å². The molecule has 1 nitrogen and oxygen atoms in total. The van der Waals surface area contributed by atoms with Crippen molar-refractivity contribution in [2.45, 2.75) is 19.8 Å². The Morgan fingerprint density at radius 1 is 1.21 bits per heavy atom. The minimum absolute atomic E-state index is 0.182. The van der Waals surface area contributed by atoms with Crippen LogP contribution in [0.25, 0.3) is 10.9 Å². The number of rotatable bonds is 1.